The minimum atomic E-state index is -4.53. The highest BCUT2D eigenvalue weighted by atomic mass is 19.4. The Kier molecular flexibility index (Phi) is 8.18. The molecule has 1 N–H and O–H groups in total. The summed E-state index contributed by atoms with van der Waals surface area (Å²) in [6.07, 6.45) is -1.25. The van der Waals surface area contributed by atoms with E-state index in [-0.39, 0.29) is 18.0 Å². The van der Waals surface area contributed by atoms with Crippen molar-refractivity contribution in [1.82, 2.24) is 14.8 Å². The summed E-state index contributed by atoms with van der Waals surface area (Å²) in [4.78, 5) is 33.9. The number of hydrogen-bond donors (Lipinski definition) is 1. The number of carbonyl (C=O) groups excluding carboxylic acids is 2. The maximum absolute atomic E-state index is 13.4. The lowest BCUT2D eigenvalue weighted by Gasteiger charge is -2.29. The molecule has 0 radical (unpaired) electrons. The number of rotatable bonds is 8. The number of amides is 2. The van der Waals surface area contributed by atoms with Crippen molar-refractivity contribution in [2.24, 2.45) is 0 Å². The van der Waals surface area contributed by atoms with Crippen LogP contribution in [0.15, 0.2) is 36.4 Å². The number of aromatic nitrogens is 1. The number of carbonyl (C=O) groups is 2. The Labute approximate surface area is 221 Å². The number of nitrogens with zero attached hydrogens (tertiary/aromatic N) is 3. The standard InChI is InChI=1S/C28H35F3N4O3/c1-27(2,3)38-24(36)18-23(20-7-4-9-21(17-20)28(29,30)31)35-16-15-34(26(35)37)14-6-10-22-12-11-19-8-5-13-32-25(19)33-22/h4,7,9,11-12,17,23H,5-6,8,10,13-16,18H2,1-3H3,(H,32,33). The molecule has 1 fully saturated rings. The van der Waals surface area contributed by atoms with Gasteiger partial charge in [0.2, 0.25) is 0 Å². The quantitative estimate of drug-likeness (QED) is 0.448. The van der Waals surface area contributed by atoms with Gasteiger partial charge in [0.1, 0.15) is 11.4 Å². The second kappa shape index (κ2) is 11.2. The molecule has 2 aliphatic rings. The number of nitrogens with one attached hydrogen (secondary N) is 1. The van der Waals surface area contributed by atoms with Gasteiger partial charge in [0.15, 0.2) is 0 Å². The number of halogens is 3. The number of pyridine rings is 1. The largest absolute Gasteiger partial charge is 0.460 e. The van der Waals surface area contributed by atoms with Crippen molar-refractivity contribution in [3.8, 4) is 0 Å². The van der Waals surface area contributed by atoms with Crippen molar-refractivity contribution in [3.05, 3.63) is 58.8 Å². The summed E-state index contributed by atoms with van der Waals surface area (Å²) in [6.45, 7) is 7.31. The number of fused-ring (bicyclic) bond motifs is 1. The molecule has 2 aliphatic heterocycles. The van der Waals surface area contributed by atoms with E-state index in [1.54, 1.807) is 25.7 Å². The van der Waals surface area contributed by atoms with Gasteiger partial charge in [-0.3, -0.25) is 4.79 Å². The minimum Gasteiger partial charge on any atom is -0.460 e. The second-order valence-corrected chi connectivity index (χ2v) is 10.8. The highest BCUT2D eigenvalue weighted by Crippen LogP contribution is 2.35. The summed E-state index contributed by atoms with van der Waals surface area (Å²) in [5.74, 6) is 0.363. The first-order valence-corrected chi connectivity index (χ1v) is 13.1. The minimum absolute atomic E-state index is 0.232. The zero-order valence-corrected chi connectivity index (χ0v) is 22.1. The molecule has 1 atom stereocenters. The van der Waals surface area contributed by atoms with Crippen LogP contribution >= 0.6 is 0 Å². The highest BCUT2D eigenvalue weighted by molar-refractivity contribution is 5.79. The third kappa shape index (κ3) is 6.96. The number of urea groups is 1. The molecule has 7 nitrogen and oxygen atoms in total. The van der Waals surface area contributed by atoms with E-state index in [0.29, 0.717) is 32.5 Å². The predicted molar refractivity (Wildman–Crippen MR) is 138 cm³/mol. The number of esters is 1. The topological polar surface area (TPSA) is 74.8 Å². The molecule has 1 unspecified atom stereocenters. The Hall–Kier alpha value is -3.30. The lowest BCUT2D eigenvalue weighted by Crippen LogP contribution is -2.37. The number of hydrogen-bond acceptors (Lipinski definition) is 5. The second-order valence-electron chi connectivity index (χ2n) is 10.8. The molecular weight excluding hydrogens is 497 g/mol. The summed E-state index contributed by atoms with van der Waals surface area (Å²) in [7, 11) is 0. The molecule has 2 aromatic rings. The Morgan fingerprint density at radius 2 is 1.95 bits per heavy atom. The number of ether oxygens (including phenoxy) is 1. The first-order valence-electron chi connectivity index (χ1n) is 13.1. The third-order valence-corrected chi connectivity index (χ3v) is 6.69. The van der Waals surface area contributed by atoms with E-state index in [2.05, 4.69) is 11.4 Å². The fourth-order valence-corrected chi connectivity index (χ4v) is 4.93. The smallest absolute Gasteiger partial charge is 0.416 e. The molecule has 1 aromatic heterocycles. The molecule has 10 heteroatoms. The zero-order chi connectivity index (χ0) is 27.5. The van der Waals surface area contributed by atoms with Gasteiger partial charge in [-0.25, -0.2) is 9.78 Å². The molecule has 0 spiro atoms. The Balaban J connectivity index is 1.45. The third-order valence-electron chi connectivity index (χ3n) is 6.69. The van der Waals surface area contributed by atoms with Crippen molar-refractivity contribution >= 4 is 17.8 Å². The molecule has 2 amide bonds. The average molecular weight is 533 g/mol. The zero-order valence-electron chi connectivity index (χ0n) is 22.1. The van der Waals surface area contributed by atoms with Crippen LogP contribution in [0, 0.1) is 0 Å². The van der Waals surface area contributed by atoms with Crippen molar-refractivity contribution in [3.63, 3.8) is 0 Å². The van der Waals surface area contributed by atoms with Crippen molar-refractivity contribution in [2.45, 2.75) is 70.7 Å². The van der Waals surface area contributed by atoms with Gasteiger partial charge in [-0.05, 0) is 75.8 Å². The number of aryl methyl sites for hydroxylation is 2. The van der Waals surface area contributed by atoms with E-state index < -0.39 is 29.4 Å². The maximum atomic E-state index is 13.4. The van der Waals surface area contributed by atoms with Crippen LogP contribution in [0.2, 0.25) is 0 Å². The van der Waals surface area contributed by atoms with Crippen LogP contribution in [0.5, 0.6) is 0 Å². The van der Waals surface area contributed by atoms with Crippen LogP contribution in [0.4, 0.5) is 23.8 Å². The number of anilines is 1. The lowest BCUT2D eigenvalue weighted by molar-refractivity contribution is -0.156. The fraction of sp³-hybridized carbons (Fsp3) is 0.536. The van der Waals surface area contributed by atoms with Gasteiger partial charge in [-0.1, -0.05) is 18.2 Å². The number of benzene rings is 1. The molecule has 3 heterocycles. The van der Waals surface area contributed by atoms with Crippen LogP contribution in [0.3, 0.4) is 0 Å². The summed E-state index contributed by atoms with van der Waals surface area (Å²) >= 11 is 0. The highest BCUT2D eigenvalue weighted by Gasteiger charge is 2.38. The Morgan fingerprint density at radius 3 is 2.68 bits per heavy atom. The van der Waals surface area contributed by atoms with E-state index >= 15 is 0 Å². The number of alkyl halides is 3. The van der Waals surface area contributed by atoms with Gasteiger partial charge in [-0.2, -0.15) is 13.2 Å². The normalized spacial score (nSPS) is 16.7. The summed E-state index contributed by atoms with van der Waals surface area (Å²) in [5.41, 5.74) is 0.854. The fourth-order valence-electron chi connectivity index (χ4n) is 4.93. The first kappa shape index (κ1) is 27.7. The van der Waals surface area contributed by atoms with Gasteiger partial charge in [0, 0.05) is 31.9 Å². The van der Waals surface area contributed by atoms with Crippen LogP contribution < -0.4 is 5.32 Å². The van der Waals surface area contributed by atoms with Gasteiger partial charge in [0.05, 0.1) is 18.0 Å². The van der Waals surface area contributed by atoms with Gasteiger partial charge in [-0.15, -0.1) is 0 Å². The Morgan fingerprint density at radius 1 is 1.16 bits per heavy atom. The molecule has 1 saturated heterocycles. The van der Waals surface area contributed by atoms with Crippen molar-refractivity contribution in [2.75, 3.05) is 31.5 Å². The summed E-state index contributed by atoms with van der Waals surface area (Å²) in [5, 5.41) is 3.33. The average Bonchev–Trinajstić information content (AvgIpc) is 3.21. The molecule has 0 saturated carbocycles. The van der Waals surface area contributed by atoms with Gasteiger partial charge < -0.3 is 19.9 Å². The van der Waals surface area contributed by atoms with E-state index in [1.807, 2.05) is 6.07 Å². The predicted octanol–water partition coefficient (Wildman–Crippen LogP) is 5.60. The molecule has 206 valence electrons. The monoisotopic (exact) mass is 532 g/mol. The van der Waals surface area contributed by atoms with E-state index in [1.165, 1.54) is 22.6 Å². The van der Waals surface area contributed by atoms with Crippen LogP contribution in [-0.2, 0) is 28.5 Å². The van der Waals surface area contributed by atoms with E-state index in [4.69, 9.17) is 9.72 Å². The lowest BCUT2D eigenvalue weighted by atomic mass is 9.99. The van der Waals surface area contributed by atoms with Crippen molar-refractivity contribution < 1.29 is 27.5 Å². The molecule has 38 heavy (non-hydrogen) atoms. The van der Waals surface area contributed by atoms with Gasteiger partial charge >= 0.3 is 18.2 Å². The summed E-state index contributed by atoms with van der Waals surface area (Å²) in [6, 6.07) is 7.79. The molecule has 0 aliphatic carbocycles. The van der Waals surface area contributed by atoms with Crippen LogP contribution in [0.1, 0.15) is 68.5 Å². The van der Waals surface area contributed by atoms with Crippen LogP contribution in [-0.4, -0.2) is 58.6 Å². The molecule has 0 bridgehead atoms. The van der Waals surface area contributed by atoms with E-state index in [9.17, 15) is 22.8 Å². The summed E-state index contributed by atoms with van der Waals surface area (Å²) < 4.78 is 45.7. The van der Waals surface area contributed by atoms with Crippen LogP contribution in [0.25, 0.3) is 0 Å². The molecule has 4 rings (SSSR count). The first-order chi connectivity index (χ1) is 17.9. The van der Waals surface area contributed by atoms with E-state index in [0.717, 1.165) is 43.0 Å². The SMILES string of the molecule is CC(C)(C)OC(=O)CC(c1cccc(C(F)(F)F)c1)N1CCN(CCCc2ccc3c(n2)NCCC3)C1=O. The van der Waals surface area contributed by atoms with Crippen molar-refractivity contribution in [1.29, 1.82) is 0 Å². The maximum Gasteiger partial charge on any atom is 0.416 e. The molecular formula is C28H35F3N4O3. The molecule has 1 aromatic carbocycles. The Bertz CT molecular complexity index is 1160. The van der Waals surface area contributed by atoms with Gasteiger partial charge in [0.25, 0.3) is 0 Å².